The van der Waals surface area contributed by atoms with Crippen LogP contribution >= 0.6 is 0 Å². The van der Waals surface area contributed by atoms with Gasteiger partial charge in [-0.1, -0.05) is 125 Å². The molecule has 8 aromatic rings. The third-order valence-electron chi connectivity index (χ3n) is 10.1. The number of hydrogen-bond donors (Lipinski definition) is 0. The Labute approximate surface area is 350 Å². The molecule has 289 valence electrons. The first kappa shape index (κ1) is 38.3. The SMILES string of the molecule is Cc1cc(C)c(-n2c(-c3[c-]ccc4c3oc3ccccc34)nc3ccccc32)c(C)c1.[2H]C([2H])(c1cc(-c2[c-]ccc(C(C)(C)C)c2)ncc1[Si](C)(C)C)C(C)C.[Ir]. The molecule has 0 spiro atoms. The van der Waals surface area contributed by atoms with Gasteiger partial charge in [-0.05, 0) is 78.7 Å². The van der Waals surface area contributed by atoms with Crippen LogP contribution in [0.4, 0.5) is 0 Å². The fourth-order valence-electron chi connectivity index (χ4n) is 7.51. The number of nitrogens with zero attached hydrogens (tertiary/aromatic N) is 3. The van der Waals surface area contributed by atoms with E-state index in [1.165, 1.54) is 22.3 Å². The summed E-state index contributed by atoms with van der Waals surface area (Å²) in [6.07, 6.45) is 0.531. The molecule has 6 heteroatoms. The molecule has 0 saturated carbocycles. The number of fused-ring (bicyclic) bond motifs is 4. The molecule has 0 amide bonds. The molecule has 5 aromatic carbocycles. The van der Waals surface area contributed by atoms with Crippen LogP contribution in [0.2, 0.25) is 19.6 Å². The molecule has 1 radical (unpaired) electrons. The van der Waals surface area contributed by atoms with Crippen molar-refractivity contribution in [3.05, 3.63) is 143 Å². The Balaban J connectivity index is 0.000000196. The van der Waals surface area contributed by atoms with Crippen LogP contribution in [0.5, 0.6) is 0 Å². The van der Waals surface area contributed by atoms with Gasteiger partial charge in [-0.2, -0.15) is 0 Å². The molecular weight excluding hydrogens is 879 g/mol. The zero-order valence-electron chi connectivity index (χ0n) is 36.5. The molecular formula is C50H53IrN3OSi-2. The predicted molar refractivity (Wildman–Crippen MR) is 236 cm³/mol. The van der Waals surface area contributed by atoms with E-state index in [1.807, 2.05) is 62.5 Å². The standard InChI is InChI=1S/C28H21N2O.C22H32NSi.Ir/c1-17-15-18(2)26(19(3)16-17)30-24-13-6-5-12-23(24)29-28(30)22-11-8-10-21-20-9-4-7-14-25(20)31-27(21)22;1-16(2)12-18-14-20(23-15-21(18)24(6,7)8)17-10-9-11-19(13-17)22(3,4)5;/h4-10,12-16H,1-3H3;9,11,13-16H,12H2,1-8H3;/q2*-1;/i;12D2;. The minimum atomic E-state index is -1.71. The second-order valence-electron chi connectivity index (χ2n) is 17.1. The maximum atomic E-state index is 8.69. The van der Waals surface area contributed by atoms with Crippen molar-refractivity contribution in [2.75, 3.05) is 0 Å². The normalized spacial score (nSPS) is 12.7. The van der Waals surface area contributed by atoms with Crippen LogP contribution < -0.4 is 5.19 Å². The van der Waals surface area contributed by atoms with Crippen molar-refractivity contribution in [3.63, 3.8) is 0 Å². The Morgan fingerprint density at radius 2 is 1.52 bits per heavy atom. The number of rotatable bonds is 6. The van der Waals surface area contributed by atoms with Gasteiger partial charge in [0, 0.05) is 40.1 Å². The fourth-order valence-corrected chi connectivity index (χ4v) is 8.92. The summed E-state index contributed by atoms with van der Waals surface area (Å²) in [5.41, 5.74) is 13.3. The van der Waals surface area contributed by atoms with Gasteiger partial charge in [0.05, 0.1) is 30.5 Å². The summed E-state index contributed by atoms with van der Waals surface area (Å²) in [6, 6.07) is 39.8. The quantitative estimate of drug-likeness (QED) is 0.123. The third kappa shape index (κ3) is 8.25. The number of benzene rings is 5. The van der Waals surface area contributed by atoms with Crippen LogP contribution in [0.15, 0.2) is 108 Å². The summed E-state index contributed by atoms with van der Waals surface area (Å²) in [5.74, 6) is 0.749. The Bertz CT molecular complexity index is 2750. The van der Waals surface area contributed by atoms with Gasteiger partial charge in [-0.3, -0.25) is 4.98 Å². The van der Waals surface area contributed by atoms with E-state index < -0.39 is 14.4 Å². The Kier molecular flexibility index (Phi) is 11.0. The molecule has 0 atom stereocenters. The first-order valence-electron chi connectivity index (χ1n) is 20.3. The third-order valence-corrected chi connectivity index (χ3v) is 12.1. The number of para-hydroxylation sites is 3. The second kappa shape index (κ2) is 16.1. The summed E-state index contributed by atoms with van der Waals surface area (Å²) in [5, 5.41) is 3.30. The minimum Gasteiger partial charge on any atom is -0.501 e. The first-order chi connectivity index (χ1) is 26.9. The van der Waals surface area contributed by atoms with E-state index in [2.05, 4.69) is 132 Å². The summed E-state index contributed by atoms with van der Waals surface area (Å²) in [4.78, 5) is 9.76. The maximum Gasteiger partial charge on any atom is 0.120 e. The van der Waals surface area contributed by atoms with E-state index in [1.54, 1.807) is 0 Å². The molecule has 0 bridgehead atoms. The fraction of sp³-hybridized carbons (Fsp3) is 0.280. The molecule has 0 N–H and O–H groups in total. The van der Waals surface area contributed by atoms with Crippen molar-refractivity contribution >= 4 is 46.2 Å². The number of furan rings is 1. The molecule has 0 aliphatic rings. The maximum absolute atomic E-state index is 8.69. The van der Waals surface area contributed by atoms with E-state index in [0.717, 1.165) is 72.1 Å². The van der Waals surface area contributed by atoms with Crippen LogP contribution in [-0.4, -0.2) is 22.6 Å². The van der Waals surface area contributed by atoms with Crippen LogP contribution in [0.3, 0.4) is 0 Å². The predicted octanol–water partition coefficient (Wildman–Crippen LogP) is 12.9. The van der Waals surface area contributed by atoms with Crippen molar-refractivity contribution in [2.45, 2.75) is 86.8 Å². The molecule has 0 saturated heterocycles. The molecule has 0 unspecified atom stereocenters. The van der Waals surface area contributed by atoms with E-state index in [0.29, 0.717) is 0 Å². The van der Waals surface area contributed by atoms with Gasteiger partial charge < -0.3 is 14.0 Å². The van der Waals surface area contributed by atoms with E-state index >= 15 is 0 Å². The monoisotopic (exact) mass is 934 g/mol. The van der Waals surface area contributed by atoms with Gasteiger partial charge in [-0.25, -0.2) is 0 Å². The summed E-state index contributed by atoms with van der Waals surface area (Å²) in [7, 11) is -1.71. The molecule has 4 nitrogen and oxygen atoms in total. The number of aryl methyl sites for hydroxylation is 3. The van der Waals surface area contributed by atoms with Gasteiger partial charge in [0.25, 0.3) is 0 Å². The molecule has 56 heavy (non-hydrogen) atoms. The first-order valence-corrected chi connectivity index (χ1v) is 22.8. The van der Waals surface area contributed by atoms with E-state index in [4.69, 9.17) is 17.1 Å². The number of imidazole rings is 1. The van der Waals surface area contributed by atoms with Gasteiger partial charge in [0.1, 0.15) is 5.58 Å². The number of pyridine rings is 1. The summed E-state index contributed by atoms with van der Waals surface area (Å²) >= 11 is 0. The minimum absolute atomic E-state index is 0. The zero-order valence-corrected chi connectivity index (χ0v) is 37.9. The molecule has 8 rings (SSSR count). The largest absolute Gasteiger partial charge is 0.501 e. The topological polar surface area (TPSA) is 43.9 Å². The van der Waals surface area contributed by atoms with Crippen LogP contribution in [0, 0.1) is 38.8 Å². The van der Waals surface area contributed by atoms with Crippen LogP contribution in [0.1, 0.15) is 65.2 Å². The molecule has 0 aliphatic heterocycles. The molecule has 0 fully saturated rings. The van der Waals surface area contributed by atoms with Crippen LogP contribution in [-0.2, 0) is 31.9 Å². The van der Waals surface area contributed by atoms with Crippen molar-refractivity contribution in [2.24, 2.45) is 5.92 Å². The zero-order chi connectivity index (χ0) is 41.0. The van der Waals surface area contributed by atoms with E-state index in [9.17, 15) is 0 Å². The number of aromatic nitrogens is 3. The Morgan fingerprint density at radius 1 is 0.839 bits per heavy atom. The van der Waals surface area contributed by atoms with Crippen molar-refractivity contribution in [1.82, 2.24) is 14.5 Å². The Morgan fingerprint density at radius 3 is 2.21 bits per heavy atom. The molecule has 0 aliphatic carbocycles. The van der Waals surface area contributed by atoms with E-state index in [-0.39, 0.29) is 31.4 Å². The average Bonchev–Trinajstić information content (AvgIpc) is 3.73. The molecule has 3 heterocycles. The van der Waals surface area contributed by atoms with Crippen molar-refractivity contribution in [1.29, 1.82) is 0 Å². The van der Waals surface area contributed by atoms with Gasteiger partial charge in [0.2, 0.25) is 0 Å². The van der Waals surface area contributed by atoms with Crippen LogP contribution in [0.25, 0.3) is 61.3 Å². The molecule has 3 aromatic heterocycles. The Hall–Kier alpha value is -4.61. The number of hydrogen-bond acceptors (Lipinski definition) is 3. The summed E-state index contributed by atoms with van der Waals surface area (Å²) < 4.78 is 26.0. The summed E-state index contributed by atoms with van der Waals surface area (Å²) in [6.45, 7) is 23.7. The van der Waals surface area contributed by atoms with Gasteiger partial charge in [0.15, 0.2) is 0 Å². The van der Waals surface area contributed by atoms with Crippen molar-refractivity contribution < 1.29 is 27.3 Å². The average molecular weight is 934 g/mol. The second-order valence-corrected chi connectivity index (χ2v) is 22.1. The van der Waals surface area contributed by atoms with Gasteiger partial charge in [-0.15, -0.1) is 53.6 Å². The van der Waals surface area contributed by atoms with Crippen molar-refractivity contribution in [3.8, 4) is 28.3 Å². The smallest absolute Gasteiger partial charge is 0.120 e. The van der Waals surface area contributed by atoms with Gasteiger partial charge >= 0.3 is 0 Å².